The molecule has 1 saturated carbocycles. The second-order valence-corrected chi connectivity index (χ2v) is 6.56. The molecule has 1 aromatic carbocycles. The molecule has 1 atom stereocenters. The van der Waals surface area contributed by atoms with Gasteiger partial charge in [-0.25, -0.2) is 0 Å². The first-order valence-corrected chi connectivity index (χ1v) is 7.79. The topological polar surface area (TPSA) is 50.4 Å². The number of hydrogen-bond donors (Lipinski definition) is 2. The molecule has 1 aliphatic heterocycles. The number of methoxy groups -OCH3 is 1. The Bertz CT molecular complexity index is 527. The molecule has 1 aliphatic carbocycles. The van der Waals surface area contributed by atoms with Gasteiger partial charge >= 0.3 is 0 Å². The fourth-order valence-electron chi connectivity index (χ4n) is 3.17. The van der Waals surface area contributed by atoms with Gasteiger partial charge in [-0.15, -0.1) is 0 Å². The number of amides is 1. The van der Waals surface area contributed by atoms with Crippen LogP contribution in [0.5, 0.6) is 5.75 Å². The molecule has 4 nitrogen and oxygen atoms in total. The molecule has 1 heterocycles. The van der Waals surface area contributed by atoms with E-state index in [1.54, 1.807) is 7.11 Å². The molecule has 1 aromatic rings. The zero-order valence-corrected chi connectivity index (χ0v) is 13.1. The van der Waals surface area contributed by atoms with Gasteiger partial charge in [0.15, 0.2) is 0 Å². The Balaban J connectivity index is 1.64. The van der Waals surface area contributed by atoms with E-state index in [1.807, 2.05) is 18.2 Å². The van der Waals surface area contributed by atoms with E-state index in [1.165, 1.54) is 0 Å². The van der Waals surface area contributed by atoms with Crippen molar-refractivity contribution in [3.8, 4) is 5.75 Å². The summed E-state index contributed by atoms with van der Waals surface area (Å²) >= 11 is 3.44. The molecule has 1 unspecified atom stereocenters. The van der Waals surface area contributed by atoms with Crippen LogP contribution in [0.2, 0.25) is 0 Å². The molecule has 0 bridgehead atoms. The first-order valence-electron chi connectivity index (χ1n) is 7.00. The average Bonchev–Trinajstić information content (AvgIpc) is 3.13. The number of anilines is 1. The molecule has 1 saturated heterocycles. The summed E-state index contributed by atoms with van der Waals surface area (Å²) in [7, 11) is 1.63. The van der Waals surface area contributed by atoms with Crippen molar-refractivity contribution < 1.29 is 9.53 Å². The lowest BCUT2D eigenvalue weighted by Crippen LogP contribution is -2.31. The van der Waals surface area contributed by atoms with Crippen molar-refractivity contribution in [2.75, 3.05) is 25.5 Å². The van der Waals surface area contributed by atoms with Gasteiger partial charge in [-0.2, -0.15) is 0 Å². The first-order chi connectivity index (χ1) is 9.64. The summed E-state index contributed by atoms with van der Waals surface area (Å²) in [5.41, 5.74) is 1.10. The molecule has 20 heavy (non-hydrogen) atoms. The van der Waals surface area contributed by atoms with Crippen LogP contribution in [-0.2, 0) is 4.79 Å². The highest BCUT2D eigenvalue weighted by Gasteiger charge is 2.57. The van der Waals surface area contributed by atoms with Crippen molar-refractivity contribution in [3.05, 3.63) is 22.7 Å². The Morgan fingerprint density at radius 2 is 2.20 bits per heavy atom. The maximum atomic E-state index is 12.3. The minimum atomic E-state index is 0.156. The molecule has 0 radical (unpaired) electrons. The van der Waals surface area contributed by atoms with Crippen molar-refractivity contribution in [1.82, 2.24) is 5.32 Å². The third-order valence-electron chi connectivity index (χ3n) is 4.52. The Morgan fingerprint density at radius 3 is 2.85 bits per heavy atom. The van der Waals surface area contributed by atoms with Gasteiger partial charge in [-0.3, -0.25) is 4.79 Å². The van der Waals surface area contributed by atoms with Crippen molar-refractivity contribution in [1.29, 1.82) is 0 Å². The number of rotatable bonds is 3. The number of carbonyl (C=O) groups excluding carboxylic acids is 1. The van der Waals surface area contributed by atoms with Crippen molar-refractivity contribution in [2.45, 2.75) is 19.3 Å². The summed E-state index contributed by atoms with van der Waals surface area (Å²) in [5, 5.41) is 6.38. The quantitative estimate of drug-likeness (QED) is 0.890. The van der Waals surface area contributed by atoms with Gasteiger partial charge in [0.05, 0.1) is 11.6 Å². The Labute approximate surface area is 127 Å². The zero-order chi connectivity index (χ0) is 14.2. The predicted molar refractivity (Wildman–Crippen MR) is 82.0 cm³/mol. The number of carbonyl (C=O) groups is 1. The Morgan fingerprint density at radius 1 is 1.45 bits per heavy atom. The predicted octanol–water partition coefficient (Wildman–Crippen LogP) is 2.79. The fourth-order valence-corrected chi connectivity index (χ4v) is 3.71. The lowest BCUT2D eigenvalue weighted by molar-refractivity contribution is -0.118. The van der Waals surface area contributed by atoms with E-state index < -0.39 is 0 Å². The van der Waals surface area contributed by atoms with Gasteiger partial charge in [-0.1, -0.05) is 0 Å². The van der Waals surface area contributed by atoms with E-state index in [0.29, 0.717) is 0 Å². The maximum Gasteiger partial charge on any atom is 0.228 e. The molecule has 1 spiro atoms. The van der Waals surface area contributed by atoms with E-state index >= 15 is 0 Å². The van der Waals surface area contributed by atoms with Crippen LogP contribution in [0, 0.1) is 11.3 Å². The van der Waals surface area contributed by atoms with Gasteiger partial charge in [0.1, 0.15) is 5.75 Å². The third kappa shape index (κ3) is 2.56. The summed E-state index contributed by atoms with van der Waals surface area (Å²) in [4.78, 5) is 12.3. The Hall–Kier alpha value is -1.07. The highest BCUT2D eigenvalue weighted by molar-refractivity contribution is 9.10. The van der Waals surface area contributed by atoms with Crippen LogP contribution in [0.1, 0.15) is 19.3 Å². The van der Waals surface area contributed by atoms with Crippen LogP contribution >= 0.6 is 15.9 Å². The maximum absolute atomic E-state index is 12.3. The summed E-state index contributed by atoms with van der Waals surface area (Å²) < 4.78 is 6.04. The molecule has 5 heteroatoms. The number of piperidine rings is 1. The van der Waals surface area contributed by atoms with Crippen LogP contribution < -0.4 is 15.4 Å². The molecule has 2 N–H and O–H groups in total. The lowest BCUT2D eigenvalue weighted by Gasteiger charge is -2.23. The number of ether oxygens (including phenoxy) is 1. The standard InChI is InChI=1S/C15H19BrN2O2/c1-20-13-3-2-10(8-12(13)16)18-14(19)11-9-15(11)4-6-17-7-5-15/h2-3,8,11,17H,4-7,9H2,1H3,(H,18,19). The van der Waals surface area contributed by atoms with E-state index in [-0.39, 0.29) is 17.2 Å². The third-order valence-corrected chi connectivity index (χ3v) is 5.14. The minimum Gasteiger partial charge on any atom is -0.496 e. The molecule has 1 amide bonds. The number of hydrogen-bond acceptors (Lipinski definition) is 3. The lowest BCUT2D eigenvalue weighted by atomic mass is 9.92. The van der Waals surface area contributed by atoms with Crippen LogP contribution in [0.3, 0.4) is 0 Å². The van der Waals surface area contributed by atoms with Gasteiger partial charge < -0.3 is 15.4 Å². The van der Waals surface area contributed by atoms with Gasteiger partial charge in [0.25, 0.3) is 0 Å². The van der Waals surface area contributed by atoms with E-state index in [0.717, 1.165) is 48.3 Å². The smallest absolute Gasteiger partial charge is 0.228 e. The number of nitrogens with one attached hydrogen (secondary N) is 2. The molecule has 2 aliphatic rings. The SMILES string of the molecule is COc1ccc(NC(=O)C2CC23CCNCC3)cc1Br. The van der Waals surface area contributed by atoms with Crippen LogP contribution in [0.4, 0.5) is 5.69 Å². The van der Waals surface area contributed by atoms with E-state index in [2.05, 4.69) is 26.6 Å². The molecular weight excluding hydrogens is 320 g/mol. The largest absolute Gasteiger partial charge is 0.496 e. The second-order valence-electron chi connectivity index (χ2n) is 5.71. The summed E-state index contributed by atoms with van der Waals surface area (Å²) in [6.45, 7) is 2.08. The second kappa shape index (κ2) is 5.37. The highest BCUT2D eigenvalue weighted by Crippen LogP contribution is 2.58. The molecule has 108 valence electrons. The number of halogens is 1. The number of benzene rings is 1. The van der Waals surface area contributed by atoms with Gasteiger partial charge in [-0.05, 0) is 71.9 Å². The zero-order valence-electron chi connectivity index (χ0n) is 11.5. The minimum absolute atomic E-state index is 0.156. The molecule has 2 fully saturated rings. The van der Waals surface area contributed by atoms with Gasteiger partial charge in [0, 0.05) is 11.6 Å². The monoisotopic (exact) mass is 338 g/mol. The van der Waals surface area contributed by atoms with E-state index in [9.17, 15) is 4.79 Å². The highest BCUT2D eigenvalue weighted by atomic mass is 79.9. The van der Waals surface area contributed by atoms with Crippen LogP contribution in [0.15, 0.2) is 22.7 Å². The van der Waals surface area contributed by atoms with Crippen molar-refractivity contribution >= 4 is 27.5 Å². The van der Waals surface area contributed by atoms with Crippen LogP contribution in [-0.4, -0.2) is 26.1 Å². The van der Waals surface area contributed by atoms with E-state index in [4.69, 9.17) is 4.74 Å². The molecule has 3 rings (SSSR count). The Kier molecular flexibility index (Phi) is 3.73. The average molecular weight is 339 g/mol. The van der Waals surface area contributed by atoms with Crippen LogP contribution in [0.25, 0.3) is 0 Å². The molecular formula is C15H19BrN2O2. The first kappa shape index (κ1) is 13.9. The molecule has 0 aromatic heterocycles. The summed E-state index contributed by atoms with van der Waals surface area (Å²) in [5.74, 6) is 1.11. The van der Waals surface area contributed by atoms with Crippen molar-refractivity contribution in [3.63, 3.8) is 0 Å². The van der Waals surface area contributed by atoms with Crippen molar-refractivity contribution in [2.24, 2.45) is 11.3 Å². The fraction of sp³-hybridized carbons (Fsp3) is 0.533. The normalized spacial score (nSPS) is 23.4. The summed E-state index contributed by atoms with van der Waals surface area (Å²) in [6, 6.07) is 5.61. The summed E-state index contributed by atoms with van der Waals surface area (Å²) in [6.07, 6.45) is 3.28. The van der Waals surface area contributed by atoms with Gasteiger partial charge in [0.2, 0.25) is 5.91 Å².